The lowest BCUT2D eigenvalue weighted by molar-refractivity contribution is -0.122. The first kappa shape index (κ1) is 13.7. The van der Waals surface area contributed by atoms with Crippen molar-refractivity contribution in [1.29, 1.82) is 0 Å². The summed E-state index contributed by atoms with van der Waals surface area (Å²) in [7, 11) is 0. The molecule has 1 amide bonds. The Bertz CT molecular complexity index is 631. The largest absolute Gasteiger partial charge is 0.378 e. The smallest absolute Gasteiger partial charge is 0.241 e. The van der Waals surface area contributed by atoms with Crippen molar-refractivity contribution in [3.05, 3.63) is 47.8 Å². The van der Waals surface area contributed by atoms with Gasteiger partial charge in [-0.15, -0.1) is 0 Å². The lowest BCUT2D eigenvalue weighted by Crippen LogP contribution is -2.29. The number of amides is 1. The van der Waals surface area contributed by atoms with Crippen molar-refractivity contribution in [3.8, 4) is 0 Å². The Labute approximate surface area is 124 Å². The molecule has 0 radical (unpaired) electrons. The zero-order valence-corrected chi connectivity index (χ0v) is 12.2. The number of aromatic nitrogens is 2. The molecule has 1 aromatic carbocycles. The van der Waals surface area contributed by atoms with Crippen molar-refractivity contribution in [2.45, 2.75) is 38.9 Å². The number of rotatable bonds is 6. The van der Waals surface area contributed by atoms with E-state index in [2.05, 4.69) is 34.8 Å². The van der Waals surface area contributed by atoms with E-state index >= 15 is 0 Å². The van der Waals surface area contributed by atoms with Gasteiger partial charge in [-0.2, -0.15) is 5.10 Å². The van der Waals surface area contributed by atoms with Gasteiger partial charge in [-0.05, 0) is 30.9 Å². The summed E-state index contributed by atoms with van der Waals surface area (Å²) in [6.45, 7) is 3.14. The van der Waals surface area contributed by atoms with Gasteiger partial charge in [0, 0.05) is 18.8 Å². The van der Waals surface area contributed by atoms with Crippen molar-refractivity contribution in [2.24, 2.45) is 0 Å². The highest BCUT2D eigenvalue weighted by Crippen LogP contribution is 2.18. The first-order valence-corrected chi connectivity index (χ1v) is 7.31. The molecule has 0 atom stereocenters. The summed E-state index contributed by atoms with van der Waals surface area (Å²) >= 11 is 0. The molecule has 0 unspecified atom stereocenters. The second-order valence-corrected chi connectivity index (χ2v) is 5.55. The van der Waals surface area contributed by atoms with Crippen molar-refractivity contribution in [1.82, 2.24) is 15.1 Å². The Kier molecular flexibility index (Phi) is 3.90. The van der Waals surface area contributed by atoms with E-state index in [9.17, 15) is 4.79 Å². The third-order valence-corrected chi connectivity index (χ3v) is 3.63. The molecule has 5 heteroatoms. The number of anilines is 1. The first-order valence-electron chi connectivity index (χ1n) is 7.31. The summed E-state index contributed by atoms with van der Waals surface area (Å²) in [5.41, 5.74) is 3.45. The number of benzene rings is 1. The highest BCUT2D eigenvalue weighted by Gasteiger charge is 2.23. The van der Waals surface area contributed by atoms with Crippen LogP contribution in [0.4, 0.5) is 5.69 Å². The molecule has 2 aromatic rings. The molecule has 2 N–H and O–H groups in total. The quantitative estimate of drug-likeness (QED) is 0.854. The molecule has 110 valence electrons. The lowest BCUT2D eigenvalue weighted by atomic mass is 10.1. The van der Waals surface area contributed by atoms with Crippen LogP contribution >= 0.6 is 0 Å². The Morgan fingerprint density at radius 2 is 2.19 bits per heavy atom. The predicted octanol–water partition coefficient (Wildman–Crippen LogP) is 2.08. The van der Waals surface area contributed by atoms with Crippen LogP contribution in [0.5, 0.6) is 0 Å². The number of nitrogens with zero attached hydrogens (tertiary/aromatic N) is 2. The van der Waals surface area contributed by atoms with E-state index in [1.54, 1.807) is 10.9 Å². The van der Waals surface area contributed by atoms with Gasteiger partial charge in [0.25, 0.3) is 0 Å². The van der Waals surface area contributed by atoms with E-state index in [4.69, 9.17) is 0 Å². The van der Waals surface area contributed by atoms with Crippen LogP contribution in [0.25, 0.3) is 0 Å². The standard InChI is InChI=1S/C16H20N4O/c1-12-4-2-3-5-13(12)8-17-15-9-18-20(10-15)11-16(21)19-14-6-7-14/h2-5,9-10,14,17H,6-8,11H2,1H3,(H,19,21). The topological polar surface area (TPSA) is 59.0 Å². The molecule has 1 saturated carbocycles. The van der Waals surface area contributed by atoms with Crippen LogP contribution in [-0.2, 0) is 17.9 Å². The van der Waals surface area contributed by atoms with E-state index < -0.39 is 0 Å². The molecule has 0 spiro atoms. The highest BCUT2D eigenvalue weighted by atomic mass is 16.2. The molecule has 1 aliphatic carbocycles. The maximum Gasteiger partial charge on any atom is 0.241 e. The Morgan fingerprint density at radius 1 is 1.38 bits per heavy atom. The van der Waals surface area contributed by atoms with Crippen LogP contribution in [0.15, 0.2) is 36.7 Å². The van der Waals surface area contributed by atoms with Gasteiger partial charge in [-0.1, -0.05) is 24.3 Å². The third kappa shape index (κ3) is 3.84. The van der Waals surface area contributed by atoms with Crippen LogP contribution in [-0.4, -0.2) is 21.7 Å². The van der Waals surface area contributed by atoms with E-state index in [1.165, 1.54) is 11.1 Å². The average Bonchev–Trinajstić information content (AvgIpc) is 3.16. The maximum absolute atomic E-state index is 11.7. The van der Waals surface area contributed by atoms with Crippen molar-refractivity contribution in [3.63, 3.8) is 0 Å². The van der Waals surface area contributed by atoms with E-state index in [-0.39, 0.29) is 12.5 Å². The van der Waals surface area contributed by atoms with Crippen LogP contribution in [0.2, 0.25) is 0 Å². The molecular weight excluding hydrogens is 264 g/mol. The molecule has 1 aliphatic rings. The van der Waals surface area contributed by atoms with Gasteiger partial charge in [0.15, 0.2) is 0 Å². The van der Waals surface area contributed by atoms with E-state index in [0.717, 1.165) is 25.1 Å². The molecule has 0 aliphatic heterocycles. The minimum atomic E-state index is 0.0334. The summed E-state index contributed by atoms with van der Waals surface area (Å²) in [6.07, 6.45) is 5.83. The average molecular weight is 284 g/mol. The van der Waals surface area contributed by atoms with E-state index in [1.807, 2.05) is 18.3 Å². The van der Waals surface area contributed by atoms with Crippen LogP contribution in [0.1, 0.15) is 24.0 Å². The summed E-state index contributed by atoms with van der Waals surface area (Å²) in [5.74, 6) is 0.0334. The van der Waals surface area contributed by atoms with Crippen LogP contribution in [0, 0.1) is 6.92 Å². The van der Waals surface area contributed by atoms with Gasteiger partial charge >= 0.3 is 0 Å². The van der Waals surface area contributed by atoms with Gasteiger partial charge in [0.2, 0.25) is 5.91 Å². The summed E-state index contributed by atoms with van der Waals surface area (Å²) < 4.78 is 1.66. The Hall–Kier alpha value is -2.30. The number of hydrogen-bond donors (Lipinski definition) is 2. The fourth-order valence-corrected chi connectivity index (χ4v) is 2.20. The second kappa shape index (κ2) is 5.99. The molecule has 5 nitrogen and oxygen atoms in total. The Morgan fingerprint density at radius 3 is 2.95 bits per heavy atom. The number of hydrogen-bond acceptors (Lipinski definition) is 3. The summed E-state index contributed by atoms with van der Waals surface area (Å²) in [6, 6.07) is 8.68. The summed E-state index contributed by atoms with van der Waals surface area (Å²) in [4.78, 5) is 11.7. The lowest BCUT2D eigenvalue weighted by Gasteiger charge is -2.06. The van der Waals surface area contributed by atoms with E-state index in [0.29, 0.717) is 6.04 Å². The monoisotopic (exact) mass is 284 g/mol. The SMILES string of the molecule is Cc1ccccc1CNc1cnn(CC(=O)NC2CC2)c1. The first-order chi connectivity index (χ1) is 10.2. The van der Waals surface area contributed by atoms with Gasteiger partial charge in [0.05, 0.1) is 11.9 Å². The van der Waals surface area contributed by atoms with Gasteiger partial charge in [-0.3, -0.25) is 9.48 Å². The summed E-state index contributed by atoms with van der Waals surface area (Å²) in [5, 5.41) is 10.5. The number of aryl methyl sites for hydroxylation is 1. The fourth-order valence-electron chi connectivity index (χ4n) is 2.20. The minimum Gasteiger partial charge on any atom is -0.378 e. The zero-order valence-electron chi connectivity index (χ0n) is 12.2. The zero-order chi connectivity index (χ0) is 14.7. The van der Waals surface area contributed by atoms with Crippen molar-refractivity contribution < 1.29 is 4.79 Å². The maximum atomic E-state index is 11.7. The molecule has 1 aromatic heterocycles. The number of nitrogens with one attached hydrogen (secondary N) is 2. The van der Waals surface area contributed by atoms with Crippen LogP contribution in [0.3, 0.4) is 0 Å². The fraction of sp³-hybridized carbons (Fsp3) is 0.375. The van der Waals surface area contributed by atoms with Gasteiger partial charge < -0.3 is 10.6 Å². The van der Waals surface area contributed by atoms with Crippen LogP contribution < -0.4 is 10.6 Å². The van der Waals surface area contributed by atoms with Gasteiger partial charge in [0.1, 0.15) is 6.54 Å². The molecule has 0 bridgehead atoms. The highest BCUT2D eigenvalue weighted by molar-refractivity contribution is 5.76. The second-order valence-electron chi connectivity index (χ2n) is 5.55. The molecule has 21 heavy (non-hydrogen) atoms. The third-order valence-electron chi connectivity index (χ3n) is 3.63. The number of carbonyl (C=O) groups is 1. The molecular formula is C16H20N4O. The number of carbonyl (C=O) groups excluding carboxylic acids is 1. The molecule has 0 saturated heterocycles. The Balaban J connectivity index is 1.52. The van der Waals surface area contributed by atoms with Gasteiger partial charge in [-0.25, -0.2) is 0 Å². The van der Waals surface area contributed by atoms with Crippen molar-refractivity contribution >= 4 is 11.6 Å². The molecule has 3 rings (SSSR count). The van der Waals surface area contributed by atoms with Crippen molar-refractivity contribution in [2.75, 3.05) is 5.32 Å². The molecule has 1 heterocycles. The molecule has 1 fully saturated rings. The normalized spacial score (nSPS) is 14.0. The predicted molar refractivity (Wildman–Crippen MR) is 81.9 cm³/mol. The minimum absolute atomic E-state index is 0.0334.